The first kappa shape index (κ1) is 32.2. The second kappa shape index (κ2) is 14.7. The Bertz CT molecular complexity index is 2090. The SMILES string of the molecule is Cc1nc(C#Cc2cccc(Cl)c2)cn1-c1ccc(Cl)nn1.Cc1nc(C#Cc2cccc(Cl)c2)cn1-c1ccc(N(C)C)nn1. The van der Waals surface area contributed by atoms with E-state index >= 15 is 0 Å². The van der Waals surface area contributed by atoms with E-state index in [2.05, 4.69) is 54.0 Å². The molecule has 46 heavy (non-hydrogen) atoms. The number of aryl methyl sites for hydroxylation is 2. The number of anilines is 1. The van der Waals surface area contributed by atoms with Gasteiger partial charge >= 0.3 is 0 Å². The zero-order valence-corrected chi connectivity index (χ0v) is 27.5. The van der Waals surface area contributed by atoms with Gasteiger partial charge in [0.1, 0.15) is 23.0 Å². The lowest BCUT2D eigenvalue weighted by molar-refractivity contribution is 0.867. The molecular formula is C34H26Cl3N9. The summed E-state index contributed by atoms with van der Waals surface area (Å²) in [5, 5.41) is 18.0. The Kier molecular flexibility index (Phi) is 10.3. The number of aromatic nitrogens is 8. The largest absolute Gasteiger partial charge is 0.361 e. The first-order chi connectivity index (χ1) is 22.1. The molecule has 2 aromatic carbocycles. The van der Waals surface area contributed by atoms with Crippen LogP contribution in [-0.2, 0) is 0 Å². The number of halogens is 3. The van der Waals surface area contributed by atoms with Gasteiger partial charge in [-0.15, -0.1) is 20.4 Å². The highest BCUT2D eigenvalue weighted by atomic mass is 35.5. The fourth-order valence-electron chi connectivity index (χ4n) is 4.06. The van der Waals surface area contributed by atoms with Crippen LogP contribution < -0.4 is 4.90 Å². The first-order valence-corrected chi connectivity index (χ1v) is 15.0. The molecule has 0 saturated heterocycles. The van der Waals surface area contributed by atoms with Crippen molar-refractivity contribution in [1.82, 2.24) is 39.5 Å². The summed E-state index contributed by atoms with van der Waals surface area (Å²) in [7, 11) is 3.85. The number of hydrogen-bond donors (Lipinski definition) is 0. The molecule has 6 rings (SSSR count). The second-order valence-corrected chi connectivity index (χ2v) is 11.2. The third-order valence-electron chi connectivity index (χ3n) is 6.29. The smallest absolute Gasteiger partial charge is 0.160 e. The molecule has 0 atom stereocenters. The molecule has 0 aliphatic rings. The molecule has 0 unspecified atom stereocenters. The summed E-state index contributed by atoms with van der Waals surface area (Å²) >= 11 is 17.6. The lowest BCUT2D eigenvalue weighted by Crippen LogP contribution is -2.12. The third kappa shape index (κ3) is 8.50. The summed E-state index contributed by atoms with van der Waals surface area (Å²) in [6.45, 7) is 3.78. The average molecular weight is 667 g/mol. The minimum absolute atomic E-state index is 0.350. The predicted molar refractivity (Wildman–Crippen MR) is 182 cm³/mol. The van der Waals surface area contributed by atoms with E-state index in [-0.39, 0.29) is 0 Å². The molecule has 12 heteroatoms. The molecule has 4 aromatic heterocycles. The van der Waals surface area contributed by atoms with Gasteiger partial charge in [-0.2, -0.15) is 0 Å². The van der Waals surface area contributed by atoms with Crippen LogP contribution in [0.15, 0.2) is 85.2 Å². The number of rotatable bonds is 3. The summed E-state index contributed by atoms with van der Waals surface area (Å²) in [5.41, 5.74) is 3.01. The zero-order valence-electron chi connectivity index (χ0n) is 25.2. The van der Waals surface area contributed by atoms with Crippen molar-refractivity contribution in [2.75, 3.05) is 19.0 Å². The fraction of sp³-hybridized carbons (Fsp3) is 0.118. The van der Waals surface area contributed by atoms with Crippen molar-refractivity contribution in [2.24, 2.45) is 0 Å². The minimum atomic E-state index is 0.350. The highest BCUT2D eigenvalue weighted by molar-refractivity contribution is 6.31. The van der Waals surface area contributed by atoms with Gasteiger partial charge in [0, 0.05) is 47.7 Å². The topological polar surface area (TPSA) is 90.4 Å². The molecule has 9 nitrogen and oxygen atoms in total. The van der Waals surface area contributed by atoms with Crippen LogP contribution in [0.5, 0.6) is 0 Å². The Labute approximate surface area is 281 Å². The van der Waals surface area contributed by atoms with E-state index in [4.69, 9.17) is 34.8 Å². The standard InChI is InChI=1S/C18H16ClN5.C16H10Cl2N4/c1-13-20-16(8-7-14-5-4-6-15(19)11-14)12-24(13)18-10-9-17(21-22-18)23(2)3;1-11-19-14(6-5-12-3-2-4-13(17)9-12)10-22(11)16-8-7-15(18)20-21-16/h4-6,9-12H,1-3H3;2-4,7-10H,1H3. The van der Waals surface area contributed by atoms with Crippen LogP contribution in [0.4, 0.5) is 5.82 Å². The number of nitrogens with zero attached hydrogens (tertiary/aromatic N) is 9. The third-order valence-corrected chi connectivity index (χ3v) is 6.96. The summed E-state index contributed by atoms with van der Waals surface area (Å²) in [4.78, 5) is 10.8. The van der Waals surface area contributed by atoms with Crippen molar-refractivity contribution < 1.29 is 0 Å². The highest BCUT2D eigenvalue weighted by Gasteiger charge is 2.08. The van der Waals surface area contributed by atoms with E-state index in [9.17, 15) is 0 Å². The predicted octanol–water partition coefficient (Wildman–Crippen LogP) is 6.77. The molecule has 0 N–H and O–H groups in total. The van der Waals surface area contributed by atoms with Crippen LogP contribution in [0.3, 0.4) is 0 Å². The number of benzene rings is 2. The maximum absolute atomic E-state index is 5.96. The van der Waals surface area contributed by atoms with Crippen molar-refractivity contribution in [1.29, 1.82) is 0 Å². The molecule has 6 aromatic rings. The van der Waals surface area contributed by atoms with Gasteiger partial charge in [-0.25, -0.2) is 9.97 Å². The second-order valence-electron chi connectivity index (χ2n) is 9.97. The van der Waals surface area contributed by atoms with Gasteiger partial charge in [0.25, 0.3) is 0 Å². The van der Waals surface area contributed by atoms with Gasteiger partial charge in [0.15, 0.2) is 22.6 Å². The maximum atomic E-state index is 5.96. The van der Waals surface area contributed by atoms with Crippen LogP contribution >= 0.6 is 34.8 Å². The summed E-state index contributed by atoms with van der Waals surface area (Å²) in [6, 6.07) is 22.1. The first-order valence-electron chi connectivity index (χ1n) is 13.8. The van der Waals surface area contributed by atoms with E-state index in [0.29, 0.717) is 38.2 Å². The molecule has 0 amide bonds. The van der Waals surface area contributed by atoms with Crippen LogP contribution in [0.2, 0.25) is 15.2 Å². The summed E-state index contributed by atoms with van der Waals surface area (Å²) in [6.07, 6.45) is 3.66. The Morgan fingerprint density at radius 1 is 0.587 bits per heavy atom. The monoisotopic (exact) mass is 665 g/mol. The molecule has 0 radical (unpaired) electrons. The van der Waals surface area contributed by atoms with E-state index in [1.54, 1.807) is 12.1 Å². The molecule has 4 heterocycles. The quantitative estimate of drug-likeness (QED) is 0.193. The van der Waals surface area contributed by atoms with Gasteiger partial charge in [0.05, 0.1) is 0 Å². The van der Waals surface area contributed by atoms with Crippen molar-refractivity contribution in [2.45, 2.75) is 13.8 Å². The van der Waals surface area contributed by atoms with Crippen LogP contribution in [0, 0.1) is 37.5 Å². The van der Waals surface area contributed by atoms with Crippen LogP contribution in [0.25, 0.3) is 11.6 Å². The lowest BCUT2D eigenvalue weighted by atomic mass is 10.2. The molecule has 0 spiro atoms. The Balaban J connectivity index is 0.000000182. The van der Waals surface area contributed by atoms with E-state index in [1.165, 1.54) is 0 Å². The number of hydrogen-bond acceptors (Lipinski definition) is 7. The molecule has 0 saturated carbocycles. The summed E-state index contributed by atoms with van der Waals surface area (Å²) < 4.78 is 3.68. The van der Waals surface area contributed by atoms with Gasteiger partial charge in [0.2, 0.25) is 0 Å². The molecular weight excluding hydrogens is 641 g/mol. The Hall–Kier alpha value is -5.19. The van der Waals surface area contributed by atoms with Crippen molar-refractivity contribution in [3.05, 3.63) is 135 Å². The highest BCUT2D eigenvalue weighted by Crippen LogP contribution is 2.14. The van der Waals surface area contributed by atoms with Gasteiger partial charge in [-0.1, -0.05) is 58.8 Å². The molecule has 0 bridgehead atoms. The normalized spacial score (nSPS) is 10.2. The molecule has 0 fully saturated rings. The Morgan fingerprint density at radius 2 is 1.09 bits per heavy atom. The average Bonchev–Trinajstić information content (AvgIpc) is 3.61. The minimum Gasteiger partial charge on any atom is -0.361 e. The molecule has 228 valence electrons. The number of imidazole rings is 2. The summed E-state index contributed by atoms with van der Waals surface area (Å²) in [5.74, 6) is 15.9. The molecule has 0 aliphatic carbocycles. The zero-order chi connectivity index (χ0) is 32.6. The van der Waals surface area contributed by atoms with Crippen LogP contribution in [-0.4, -0.2) is 53.6 Å². The van der Waals surface area contributed by atoms with E-state index < -0.39 is 0 Å². The lowest BCUT2D eigenvalue weighted by Gasteiger charge is -2.10. The van der Waals surface area contributed by atoms with Gasteiger partial charge in [-0.05, 0) is 86.4 Å². The van der Waals surface area contributed by atoms with E-state index in [0.717, 1.165) is 28.6 Å². The Morgan fingerprint density at radius 3 is 1.50 bits per heavy atom. The molecule has 0 aliphatic heterocycles. The van der Waals surface area contributed by atoms with E-state index in [1.807, 2.05) is 115 Å². The van der Waals surface area contributed by atoms with Crippen molar-refractivity contribution in [3.8, 4) is 35.3 Å². The van der Waals surface area contributed by atoms with Gasteiger partial charge in [-0.3, -0.25) is 9.13 Å². The maximum Gasteiger partial charge on any atom is 0.160 e. The van der Waals surface area contributed by atoms with Crippen LogP contribution in [0.1, 0.15) is 34.2 Å². The van der Waals surface area contributed by atoms with Crippen molar-refractivity contribution >= 4 is 40.6 Å². The van der Waals surface area contributed by atoms with Gasteiger partial charge < -0.3 is 4.90 Å². The van der Waals surface area contributed by atoms with Crippen molar-refractivity contribution in [3.63, 3.8) is 0 Å². The fourth-order valence-corrected chi connectivity index (χ4v) is 4.54.